The van der Waals surface area contributed by atoms with E-state index < -0.39 is 17.6 Å². The lowest BCUT2D eigenvalue weighted by atomic mass is 10.2. The van der Waals surface area contributed by atoms with Crippen LogP contribution in [0.4, 0.5) is 10.6 Å². The standard InChI is InChI=1S/C12H21N5O3/c1-7(17-11(19)20-12(2,3)4)5-14-10-8(9(13)18)15-6-16-10/h6-7,14H,5H2,1-4H3,(H2,13,18)(H,15,16)(H,17,19). The number of H-pyrrole nitrogens is 1. The highest BCUT2D eigenvalue weighted by molar-refractivity contribution is 5.95. The molecule has 0 aliphatic rings. The summed E-state index contributed by atoms with van der Waals surface area (Å²) in [6.45, 7) is 7.55. The normalized spacial score (nSPS) is 12.6. The van der Waals surface area contributed by atoms with Crippen LogP contribution in [-0.4, -0.2) is 40.2 Å². The molecule has 0 bridgehead atoms. The van der Waals surface area contributed by atoms with Crippen molar-refractivity contribution < 1.29 is 14.3 Å². The van der Waals surface area contributed by atoms with Gasteiger partial charge in [0, 0.05) is 12.6 Å². The number of alkyl carbamates (subject to hydrolysis) is 1. The van der Waals surface area contributed by atoms with E-state index in [1.165, 1.54) is 6.33 Å². The van der Waals surface area contributed by atoms with E-state index in [0.29, 0.717) is 12.4 Å². The molecule has 20 heavy (non-hydrogen) atoms. The van der Waals surface area contributed by atoms with Gasteiger partial charge in [0.2, 0.25) is 0 Å². The van der Waals surface area contributed by atoms with Gasteiger partial charge in [-0.05, 0) is 27.7 Å². The lowest BCUT2D eigenvalue weighted by Crippen LogP contribution is -2.41. The van der Waals surface area contributed by atoms with Crippen LogP contribution in [0.3, 0.4) is 0 Å². The van der Waals surface area contributed by atoms with E-state index in [9.17, 15) is 9.59 Å². The van der Waals surface area contributed by atoms with Crippen molar-refractivity contribution in [2.24, 2.45) is 5.73 Å². The smallest absolute Gasteiger partial charge is 0.407 e. The van der Waals surface area contributed by atoms with Gasteiger partial charge in [-0.1, -0.05) is 0 Å². The predicted molar refractivity (Wildman–Crippen MR) is 74.4 cm³/mol. The Hall–Kier alpha value is -2.25. The number of carbonyl (C=O) groups excluding carboxylic acids is 2. The Morgan fingerprint density at radius 1 is 1.50 bits per heavy atom. The Bertz CT molecular complexity index is 478. The van der Waals surface area contributed by atoms with Crippen LogP contribution in [0.5, 0.6) is 0 Å². The summed E-state index contributed by atoms with van der Waals surface area (Å²) in [7, 11) is 0. The number of nitrogens with two attached hydrogens (primary N) is 1. The van der Waals surface area contributed by atoms with Crippen LogP contribution >= 0.6 is 0 Å². The fourth-order valence-corrected chi connectivity index (χ4v) is 1.43. The summed E-state index contributed by atoms with van der Waals surface area (Å²) in [6, 6.07) is -0.206. The monoisotopic (exact) mass is 283 g/mol. The van der Waals surface area contributed by atoms with Gasteiger partial charge in [-0.15, -0.1) is 0 Å². The molecule has 0 fully saturated rings. The van der Waals surface area contributed by atoms with Crippen molar-refractivity contribution in [3.63, 3.8) is 0 Å². The average Bonchev–Trinajstić information content (AvgIpc) is 2.71. The molecule has 0 aliphatic heterocycles. The van der Waals surface area contributed by atoms with Gasteiger partial charge in [-0.25, -0.2) is 9.78 Å². The molecule has 112 valence electrons. The number of anilines is 1. The first-order chi connectivity index (χ1) is 9.19. The largest absolute Gasteiger partial charge is 0.444 e. The van der Waals surface area contributed by atoms with Crippen LogP contribution in [0.25, 0.3) is 0 Å². The first kappa shape index (κ1) is 15.8. The van der Waals surface area contributed by atoms with Crippen molar-refractivity contribution in [2.75, 3.05) is 11.9 Å². The second-order valence-electron chi connectivity index (χ2n) is 5.42. The number of imidazole rings is 1. The van der Waals surface area contributed by atoms with E-state index in [2.05, 4.69) is 20.6 Å². The molecule has 0 saturated heterocycles. The summed E-state index contributed by atoms with van der Waals surface area (Å²) < 4.78 is 5.13. The number of hydrogen-bond donors (Lipinski definition) is 4. The third kappa shape index (κ3) is 5.17. The van der Waals surface area contributed by atoms with Crippen molar-refractivity contribution in [2.45, 2.75) is 39.3 Å². The van der Waals surface area contributed by atoms with Crippen LogP contribution in [-0.2, 0) is 4.74 Å². The van der Waals surface area contributed by atoms with Crippen LogP contribution in [0.1, 0.15) is 38.2 Å². The Balaban J connectivity index is 2.43. The molecular weight excluding hydrogens is 262 g/mol. The minimum atomic E-state index is -0.599. The van der Waals surface area contributed by atoms with Crippen molar-refractivity contribution in [3.05, 3.63) is 12.0 Å². The maximum Gasteiger partial charge on any atom is 0.407 e. The summed E-state index contributed by atoms with van der Waals surface area (Å²) in [5, 5.41) is 5.60. The molecule has 1 aromatic rings. The Morgan fingerprint density at radius 2 is 2.15 bits per heavy atom. The third-order valence-corrected chi connectivity index (χ3v) is 2.22. The molecule has 5 N–H and O–H groups in total. The summed E-state index contributed by atoms with van der Waals surface area (Å²) in [6.07, 6.45) is 0.873. The van der Waals surface area contributed by atoms with Gasteiger partial charge in [0.1, 0.15) is 11.3 Å². The summed E-state index contributed by atoms with van der Waals surface area (Å²) in [5.74, 6) is -0.243. The molecule has 1 rings (SSSR count). The van der Waals surface area contributed by atoms with Gasteiger partial charge in [-0.2, -0.15) is 0 Å². The lowest BCUT2D eigenvalue weighted by molar-refractivity contribution is 0.0511. The number of hydrogen-bond acceptors (Lipinski definition) is 5. The fourth-order valence-electron chi connectivity index (χ4n) is 1.43. The molecule has 0 saturated carbocycles. The van der Waals surface area contributed by atoms with E-state index in [-0.39, 0.29) is 11.7 Å². The van der Waals surface area contributed by atoms with Gasteiger partial charge in [0.15, 0.2) is 5.82 Å². The Kier molecular flexibility index (Phi) is 4.95. The van der Waals surface area contributed by atoms with Crippen molar-refractivity contribution in [3.8, 4) is 0 Å². The van der Waals surface area contributed by atoms with Crippen LogP contribution < -0.4 is 16.4 Å². The number of amides is 2. The molecule has 2 amide bonds. The zero-order valence-corrected chi connectivity index (χ0v) is 12.1. The fraction of sp³-hybridized carbons (Fsp3) is 0.583. The van der Waals surface area contributed by atoms with E-state index in [1.54, 1.807) is 27.7 Å². The molecule has 1 aromatic heterocycles. The predicted octanol–water partition coefficient (Wildman–Crippen LogP) is 0.834. The van der Waals surface area contributed by atoms with E-state index >= 15 is 0 Å². The van der Waals surface area contributed by atoms with Gasteiger partial charge in [-0.3, -0.25) is 4.79 Å². The molecular formula is C12H21N5O3. The molecule has 0 spiro atoms. The third-order valence-electron chi connectivity index (χ3n) is 2.22. The van der Waals surface area contributed by atoms with Gasteiger partial charge < -0.3 is 26.1 Å². The minimum Gasteiger partial charge on any atom is -0.444 e. The molecule has 8 heteroatoms. The molecule has 0 aliphatic carbocycles. The lowest BCUT2D eigenvalue weighted by Gasteiger charge is -2.22. The second-order valence-corrected chi connectivity index (χ2v) is 5.42. The van der Waals surface area contributed by atoms with E-state index in [1.807, 2.05) is 0 Å². The molecule has 0 aromatic carbocycles. The van der Waals surface area contributed by atoms with Gasteiger partial charge in [0.25, 0.3) is 5.91 Å². The van der Waals surface area contributed by atoms with Crippen molar-refractivity contribution >= 4 is 17.8 Å². The molecule has 0 radical (unpaired) electrons. The zero-order valence-electron chi connectivity index (χ0n) is 12.1. The van der Waals surface area contributed by atoms with E-state index in [4.69, 9.17) is 10.5 Å². The number of ether oxygens (including phenoxy) is 1. The zero-order chi connectivity index (χ0) is 15.3. The highest BCUT2D eigenvalue weighted by atomic mass is 16.6. The number of aromatic amines is 1. The maximum atomic E-state index is 11.5. The number of nitrogens with zero attached hydrogens (tertiary/aromatic N) is 1. The SMILES string of the molecule is CC(CNc1nc[nH]c1C(N)=O)NC(=O)OC(C)(C)C. The highest BCUT2D eigenvalue weighted by Gasteiger charge is 2.18. The molecule has 1 heterocycles. The topological polar surface area (TPSA) is 122 Å². The van der Waals surface area contributed by atoms with Crippen LogP contribution in [0, 0.1) is 0 Å². The Morgan fingerprint density at radius 3 is 2.70 bits per heavy atom. The van der Waals surface area contributed by atoms with E-state index in [0.717, 1.165) is 0 Å². The summed E-state index contributed by atoms with van der Waals surface area (Å²) >= 11 is 0. The maximum absolute atomic E-state index is 11.5. The minimum absolute atomic E-state index is 0.203. The van der Waals surface area contributed by atoms with Crippen molar-refractivity contribution in [1.82, 2.24) is 15.3 Å². The van der Waals surface area contributed by atoms with Gasteiger partial charge >= 0.3 is 6.09 Å². The first-order valence-corrected chi connectivity index (χ1v) is 6.25. The number of nitrogens with one attached hydrogen (secondary N) is 3. The summed E-state index contributed by atoms with van der Waals surface area (Å²) in [5.41, 5.74) is 4.84. The quantitative estimate of drug-likeness (QED) is 0.637. The van der Waals surface area contributed by atoms with Gasteiger partial charge in [0.05, 0.1) is 6.33 Å². The van der Waals surface area contributed by atoms with Crippen LogP contribution in [0.15, 0.2) is 6.33 Å². The summed E-state index contributed by atoms with van der Waals surface area (Å²) in [4.78, 5) is 29.2. The number of primary amides is 1. The molecule has 1 unspecified atom stereocenters. The average molecular weight is 283 g/mol. The van der Waals surface area contributed by atoms with Crippen molar-refractivity contribution in [1.29, 1.82) is 0 Å². The highest BCUT2D eigenvalue weighted by Crippen LogP contribution is 2.09. The first-order valence-electron chi connectivity index (χ1n) is 6.25. The molecule has 1 atom stereocenters. The number of carbonyl (C=O) groups is 2. The second kappa shape index (κ2) is 6.27. The number of aromatic nitrogens is 2. The van der Waals surface area contributed by atoms with Crippen LogP contribution in [0.2, 0.25) is 0 Å². The molecule has 8 nitrogen and oxygen atoms in total. The number of rotatable bonds is 5. The Labute approximate surface area is 117 Å².